The SMILES string of the molecule is CN(C(=O)c1c(F)cccc1Br)C1CCC(C)(C)CC1. The van der Waals surface area contributed by atoms with E-state index in [1.807, 2.05) is 0 Å². The van der Waals surface area contributed by atoms with Gasteiger partial charge in [-0.15, -0.1) is 0 Å². The lowest BCUT2D eigenvalue weighted by atomic mass is 9.75. The van der Waals surface area contributed by atoms with E-state index in [4.69, 9.17) is 0 Å². The molecule has 0 bridgehead atoms. The minimum Gasteiger partial charge on any atom is -0.339 e. The molecule has 4 heteroatoms. The molecule has 110 valence electrons. The molecule has 1 aromatic rings. The summed E-state index contributed by atoms with van der Waals surface area (Å²) >= 11 is 3.27. The zero-order valence-electron chi connectivity index (χ0n) is 12.2. The Morgan fingerprint density at radius 1 is 1.35 bits per heavy atom. The van der Waals surface area contributed by atoms with Crippen LogP contribution in [0.4, 0.5) is 4.39 Å². The molecule has 20 heavy (non-hydrogen) atoms. The first-order chi connectivity index (χ1) is 9.32. The lowest BCUT2D eigenvalue weighted by Crippen LogP contribution is -2.41. The first kappa shape index (κ1) is 15.5. The molecule has 1 aliphatic carbocycles. The first-order valence-electron chi connectivity index (χ1n) is 7.03. The number of carbonyl (C=O) groups is 1. The summed E-state index contributed by atoms with van der Waals surface area (Å²) in [7, 11) is 1.78. The van der Waals surface area contributed by atoms with Crippen LogP contribution in [0.5, 0.6) is 0 Å². The van der Waals surface area contributed by atoms with Crippen molar-refractivity contribution < 1.29 is 9.18 Å². The maximum Gasteiger partial charge on any atom is 0.257 e. The van der Waals surface area contributed by atoms with Crippen molar-refractivity contribution in [3.8, 4) is 0 Å². The third kappa shape index (κ3) is 3.22. The Morgan fingerprint density at radius 3 is 2.50 bits per heavy atom. The van der Waals surface area contributed by atoms with Crippen LogP contribution >= 0.6 is 15.9 Å². The number of hydrogen-bond donors (Lipinski definition) is 0. The van der Waals surface area contributed by atoms with Crippen LogP contribution in [-0.2, 0) is 0 Å². The zero-order valence-corrected chi connectivity index (χ0v) is 13.8. The molecule has 0 N–H and O–H groups in total. The molecule has 0 aromatic heterocycles. The average Bonchev–Trinajstić information content (AvgIpc) is 2.37. The number of carbonyl (C=O) groups excluding carboxylic acids is 1. The maximum absolute atomic E-state index is 13.9. The van der Waals surface area contributed by atoms with Crippen LogP contribution in [0.1, 0.15) is 49.9 Å². The Hall–Kier alpha value is -0.900. The molecule has 0 atom stereocenters. The van der Waals surface area contributed by atoms with Gasteiger partial charge in [0.15, 0.2) is 0 Å². The maximum atomic E-state index is 13.9. The molecule has 1 amide bonds. The van der Waals surface area contributed by atoms with Gasteiger partial charge in [0.25, 0.3) is 5.91 Å². The number of hydrogen-bond acceptors (Lipinski definition) is 1. The average molecular weight is 342 g/mol. The van der Waals surface area contributed by atoms with Crippen LogP contribution in [0.3, 0.4) is 0 Å². The van der Waals surface area contributed by atoms with E-state index in [0.29, 0.717) is 9.89 Å². The first-order valence-corrected chi connectivity index (χ1v) is 7.82. The minimum absolute atomic E-state index is 0.139. The van der Waals surface area contributed by atoms with E-state index >= 15 is 0 Å². The third-order valence-electron chi connectivity index (χ3n) is 4.35. The molecule has 0 unspecified atom stereocenters. The molecule has 0 spiro atoms. The van der Waals surface area contributed by atoms with Gasteiger partial charge in [-0.3, -0.25) is 4.79 Å². The van der Waals surface area contributed by atoms with Crippen LogP contribution < -0.4 is 0 Å². The van der Waals surface area contributed by atoms with Crippen LogP contribution in [0.25, 0.3) is 0 Å². The normalized spacial score (nSPS) is 18.9. The van der Waals surface area contributed by atoms with E-state index < -0.39 is 5.82 Å². The molecule has 0 aliphatic heterocycles. The Balaban J connectivity index is 2.14. The van der Waals surface area contributed by atoms with Crippen molar-refractivity contribution in [3.05, 3.63) is 34.1 Å². The third-order valence-corrected chi connectivity index (χ3v) is 5.01. The second-order valence-corrected chi connectivity index (χ2v) is 7.26. The van der Waals surface area contributed by atoms with Crippen molar-refractivity contribution >= 4 is 21.8 Å². The van der Waals surface area contributed by atoms with Gasteiger partial charge in [0.1, 0.15) is 5.82 Å². The van der Waals surface area contributed by atoms with Gasteiger partial charge in [-0.1, -0.05) is 19.9 Å². The van der Waals surface area contributed by atoms with Gasteiger partial charge in [0.05, 0.1) is 5.56 Å². The second-order valence-electron chi connectivity index (χ2n) is 6.41. The molecule has 2 rings (SSSR count). The predicted octanol–water partition coefficient (Wildman–Crippen LogP) is 4.63. The summed E-state index contributed by atoms with van der Waals surface area (Å²) in [6, 6.07) is 4.84. The van der Waals surface area contributed by atoms with E-state index in [2.05, 4.69) is 29.8 Å². The number of rotatable bonds is 2. The Bertz CT molecular complexity index is 485. The quantitative estimate of drug-likeness (QED) is 0.767. The second kappa shape index (κ2) is 5.84. The Kier molecular flexibility index (Phi) is 4.52. The largest absolute Gasteiger partial charge is 0.339 e. The van der Waals surface area contributed by atoms with E-state index in [1.54, 1.807) is 24.1 Å². The van der Waals surface area contributed by atoms with Crippen LogP contribution in [-0.4, -0.2) is 23.9 Å². The van der Waals surface area contributed by atoms with Gasteiger partial charge < -0.3 is 4.90 Å². The van der Waals surface area contributed by atoms with Crippen molar-refractivity contribution in [2.45, 2.75) is 45.6 Å². The molecule has 0 radical (unpaired) electrons. The van der Waals surface area contributed by atoms with E-state index in [9.17, 15) is 9.18 Å². The van der Waals surface area contributed by atoms with Crippen molar-refractivity contribution in [2.24, 2.45) is 5.41 Å². The highest BCUT2D eigenvalue weighted by Gasteiger charge is 2.32. The highest BCUT2D eigenvalue weighted by atomic mass is 79.9. The summed E-state index contributed by atoms with van der Waals surface area (Å²) in [4.78, 5) is 14.2. The molecule has 1 aromatic carbocycles. The van der Waals surface area contributed by atoms with E-state index in [1.165, 1.54) is 6.07 Å². The summed E-state index contributed by atoms with van der Waals surface area (Å²) in [5.41, 5.74) is 0.499. The van der Waals surface area contributed by atoms with Gasteiger partial charge in [-0.25, -0.2) is 4.39 Å². The number of halogens is 2. The summed E-state index contributed by atoms with van der Waals surface area (Å²) in [6.07, 6.45) is 4.18. The van der Waals surface area contributed by atoms with Gasteiger partial charge in [0, 0.05) is 17.6 Å². The van der Waals surface area contributed by atoms with Crippen molar-refractivity contribution in [1.29, 1.82) is 0 Å². The molecule has 1 fully saturated rings. The predicted molar refractivity (Wildman–Crippen MR) is 82.2 cm³/mol. The monoisotopic (exact) mass is 341 g/mol. The molecule has 0 heterocycles. The van der Waals surface area contributed by atoms with E-state index in [0.717, 1.165) is 25.7 Å². The lowest BCUT2D eigenvalue weighted by Gasteiger charge is -2.38. The fraction of sp³-hybridized carbons (Fsp3) is 0.562. The highest BCUT2D eigenvalue weighted by Crippen LogP contribution is 2.37. The van der Waals surface area contributed by atoms with Gasteiger partial charge in [-0.05, 0) is 59.2 Å². The number of benzene rings is 1. The minimum atomic E-state index is -0.465. The summed E-state index contributed by atoms with van der Waals surface area (Å²) in [6.45, 7) is 4.52. The van der Waals surface area contributed by atoms with Crippen LogP contribution in [0.2, 0.25) is 0 Å². The van der Waals surface area contributed by atoms with Crippen molar-refractivity contribution in [2.75, 3.05) is 7.05 Å². The molecule has 0 saturated heterocycles. The van der Waals surface area contributed by atoms with Crippen molar-refractivity contribution in [3.63, 3.8) is 0 Å². The standard InChI is InChI=1S/C16H21BrFNO/c1-16(2)9-7-11(8-10-16)19(3)15(20)14-12(17)5-4-6-13(14)18/h4-6,11H,7-10H2,1-3H3. The van der Waals surface area contributed by atoms with Gasteiger partial charge in [0.2, 0.25) is 0 Å². The van der Waals surface area contributed by atoms with Gasteiger partial charge >= 0.3 is 0 Å². The summed E-state index contributed by atoms with van der Waals surface area (Å²) in [5.74, 6) is -0.702. The Morgan fingerprint density at radius 2 is 1.95 bits per heavy atom. The van der Waals surface area contributed by atoms with Gasteiger partial charge in [-0.2, -0.15) is 0 Å². The molecule has 1 saturated carbocycles. The molecular formula is C16H21BrFNO. The fourth-order valence-corrected chi connectivity index (χ4v) is 3.33. The smallest absolute Gasteiger partial charge is 0.257 e. The lowest BCUT2D eigenvalue weighted by molar-refractivity contribution is 0.0630. The molecule has 1 aliphatic rings. The van der Waals surface area contributed by atoms with Crippen LogP contribution in [0, 0.1) is 11.2 Å². The molecular weight excluding hydrogens is 321 g/mol. The van der Waals surface area contributed by atoms with E-state index in [-0.39, 0.29) is 17.5 Å². The number of nitrogens with zero attached hydrogens (tertiary/aromatic N) is 1. The topological polar surface area (TPSA) is 20.3 Å². The summed E-state index contributed by atoms with van der Waals surface area (Å²) < 4.78 is 14.4. The summed E-state index contributed by atoms with van der Waals surface area (Å²) in [5, 5.41) is 0. The number of amides is 1. The fourth-order valence-electron chi connectivity index (χ4n) is 2.82. The highest BCUT2D eigenvalue weighted by molar-refractivity contribution is 9.10. The Labute approximate surface area is 128 Å². The van der Waals surface area contributed by atoms with Crippen LogP contribution in [0.15, 0.2) is 22.7 Å². The zero-order chi connectivity index (χ0) is 14.9. The van der Waals surface area contributed by atoms with Crippen molar-refractivity contribution in [1.82, 2.24) is 4.90 Å². The molecule has 2 nitrogen and oxygen atoms in total.